The summed E-state index contributed by atoms with van der Waals surface area (Å²) in [4.78, 5) is 13.3. The monoisotopic (exact) mass is 264 g/mol. The van der Waals surface area contributed by atoms with Crippen LogP contribution in [0, 0.1) is 0 Å². The van der Waals surface area contributed by atoms with Crippen LogP contribution in [-0.4, -0.2) is 39.8 Å². The number of hydrogen-bond acceptors (Lipinski definition) is 4. The lowest BCUT2D eigenvalue weighted by Crippen LogP contribution is -2.45. The third-order valence-electron chi connectivity index (χ3n) is 3.54. The number of hydrogen-bond donors (Lipinski definition) is 3. The van der Waals surface area contributed by atoms with Crippen LogP contribution < -0.4 is 5.73 Å². The Labute approximate surface area is 112 Å². The molecule has 1 heterocycles. The fraction of sp³-hybridized carbons (Fsp3) is 0.500. The SMILES string of the molecule is CC1(O)CCCN(Cc2cccc(N)c2C(=O)O)C1. The van der Waals surface area contributed by atoms with Crippen molar-refractivity contribution in [3.63, 3.8) is 0 Å². The van der Waals surface area contributed by atoms with Gasteiger partial charge in [-0.15, -0.1) is 0 Å². The molecule has 1 fully saturated rings. The zero-order valence-corrected chi connectivity index (χ0v) is 11.1. The van der Waals surface area contributed by atoms with E-state index in [0.29, 0.717) is 18.7 Å². The Bertz CT molecular complexity index is 486. The van der Waals surface area contributed by atoms with Gasteiger partial charge in [-0.1, -0.05) is 12.1 Å². The number of β-amino-alcohol motifs (C(OH)–C–C–N with tert-alkyl or cyclic N) is 1. The Kier molecular flexibility index (Phi) is 3.78. The molecule has 0 aromatic heterocycles. The summed E-state index contributed by atoms with van der Waals surface area (Å²) >= 11 is 0. The average Bonchev–Trinajstić information content (AvgIpc) is 2.26. The Hall–Kier alpha value is -1.59. The maximum absolute atomic E-state index is 11.3. The van der Waals surface area contributed by atoms with Crippen LogP contribution >= 0.6 is 0 Å². The average molecular weight is 264 g/mol. The minimum absolute atomic E-state index is 0.174. The van der Waals surface area contributed by atoms with Crippen LogP contribution in [0.2, 0.25) is 0 Å². The smallest absolute Gasteiger partial charge is 0.338 e. The molecule has 1 unspecified atom stereocenters. The second kappa shape index (κ2) is 5.19. The van der Waals surface area contributed by atoms with Crippen molar-refractivity contribution in [2.24, 2.45) is 0 Å². The van der Waals surface area contributed by atoms with Crippen LogP contribution in [0.5, 0.6) is 0 Å². The molecule has 1 aromatic rings. The number of carboxylic acid groups (broad SMARTS) is 1. The third kappa shape index (κ3) is 3.24. The number of aromatic carboxylic acids is 1. The number of nitrogens with zero attached hydrogens (tertiary/aromatic N) is 1. The Morgan fingerprint density at radius 1 is 1.53 bits per heavy atom. The molecule has 19 heavy (non-hydrogen) atoms. The topological polar surface area (TPSA) is 86.8 Å². The fourth-order valence-electron chi connectivity index (χ4n) is 2.71. The fourth-order valence-corrected chi connectivity index (χ4v) is 2.71. The Morgan fingerprint density at radius 2 is 2.26 bits per heavy atom. The molecule has 0 aliphatic carbocycles. The van der Waals surface area contributed by atoms with E-state index in [4.69, 9.17) is 5.73 Å². The molecule has 5 heteroatoms. The summed E-state index contributed by atoms with van der Waals surface area (Å²) in [5.41, 5.74) is 6.20. The van der Waals surface area contributed by atoms with Crippen molar-refractivity contribution in [3.8, 4) is 0 Å². The zero-order valence-electron chi connectivity index (χ0n) is 11.1. The molecule has 0 amide bonds. The minimum atomic E-state index is -1.00. The van der Waals surface area contributed by atoms with Gasteiger partial charge < -0.3 is 15.9 Å². The number of benzene rings is 1. The van der Waals surface area contributed by atoms with Crippen LogP contribution in [0.15, 0.2) is 18.2 Å². The second-order valence-corrected chi connectivity index (χ2v) is 5.50. The number of nitrogens with two attached hydrogens (primary N) is 1. The predicted octanol–water partition coefficient (Wildman–Crippen LogP) is 1.31. The molecular formula is C14H20N2O3. The highest BCUT2D eigenvalue weighted by molar-refractivity contribution is 5.95. The van der Waals surface area contributed by atoms with E-state index in [2.05, 4.69) is 4.90 Å². The maximum Gasteiger partial charge on any atom is 0.338 e. The number of likely N-dealkylation sites (tertiary alicyclic amines) is 1. The van der Waals surface area contributed by atoms with Gasteiger partial charge in [0.05, 0.1) is 11.2 Å². The molecule has 1 atom stereocenters. The van der Waals surface area contributed by atoms with Gasteiger partial charge in [0.1, 0.15) is 0 Å². The number of piperidine rings is 1. The van der Waals surface area contributed by atoms with Gasteiger partial charge in [-0.05, 0) is 37.9 Å². The van der Waals surface area contributed by atoms with Crippen molar-refractivity contribution in [3.05, 3.63) is 29.3 Å². The van der Waals surface area contributed by atoms with Gasteiger partial charge in [0.2, 0.25) is 0 Å². The largest absolute Gasteiger partial charge is 0.478 e. The first kappa shape index (κ1) is 13.8. The number of nitrogen functional groups attached to an aromatic ring is 1. The summed E-state index contributed by atoms with van der Waals surface area (Å²) in [6.07, 6.45) is 1.70. The summed E-state index contributed by atoms with van der Waals surface area (Å²) in [5.74, 6) is -1.00. The normalized spacial score (nSPS) is 24.3. The quantitative estimate of drug-likeness (QED) is 0.717. The van der Waals surface area contributed by atoms with Crippen LogP contribution in [0.25, 0.3) is 0 Å². The summed E-state index contributed by atoms with van der Waals surface area (Å²) in [7, 11) is 0. The van der Waals surface area contributed by atoms with Crippen molar-refractivity contribution in [2.75, 3.05) is 18.8 Å². The highest BCUT2D eigenvalue weighted by atomic mass is 16.4. The minimum Gasteiger partial charge on any atom is -0.478 e. The number of rotatable bonds is 3. The molecule has 0 saturated carbocycles. The zero-order chi connectivity index (χ0) is 14.0. The van der Waals surface area contributed by atoms with Gasteiger partial charge in [-0.25, -0.2) is 4.79 Å². The van der Waals surface area contributed by atoms with Gasteiger partial charge in [-0.3, -0.25) is 4.90 Å². The van der Waals surface area contributed by atoms with Crippen molar-refractivity contribution >= 4 is 11.7 Å². The van der Waals surface area contributed by atoms with Crippen LogP contribution in [0.4, 0.5) is 5.69 Å². The molecule has 104 valence electrons. The lowest BCUT2D eigenvalue weighted by Gasteiger charge is -2.37. The lowest BCUT2D eigenvalue weighted by atomic mass is 9.94. The predicted molar refractivity (Wildman–Crippen MR) is 72.9 cm³/mol. The summed E-state index contributed by atoms with van der Waals surface area (Å²) in [6, 6.07) is 5.14. The van der Waals surface area contributed by atoms with Gasteiger partial charge in [-0.2, -0.15) is 0 Å². The molecule has 1 aliphatic rings. The van der Waals surface area contributed by atoms with Crippen molar-refractivity contribution in [1.29, 1.82) is 0 Å². The molecule has 1 saturated heterocycles. The molecule has 0 radical (unpaired) electrons. The van der Waals surface area contributed by atoms with Gasteiger partial charge in [0.25, 0.3) is 0 Å². The number of anilines is 1. The van der Waals surface area contributed by atoms with E-state index < -0.39 is 11.6 Å². The third-order valence-corrected chi connectivity index (χ3v) is 3.54. The molecule has 0 spiro atoms. The van der Waals surface area contributed by atoms with Gasteiger partial charge in [0, 0.05) is 18.8 Å². The van der Waals surface area contributed by atoms with Gasteiger partial charge >= 0.3 is 5.97 Å². The van der Waals surface area contributed by atoms with Crippen molar-refractivity contribution in [1.82, 2.24) is 4.90 Å². The first-order valence-corrected chi connectivity index (χ1v) is 6.44. The van der Waals surface area contributed by atoms with Crippen LogP contribution in [-0.2, 0) is 6.54 Å². The number of carbonyl (C=O) groups is 1. The molecule has 0 bridgehead atoms. The van der Waals surface area contributed by atoms with E-state index in [0.717, 1.165) is 19.4 Å². The van der Waals surface area contributed by atoms with E-state index >= 15 is 0 Å². The number of aliphatic hydroxyl groups is 1. The van der Waals surface area contributed by atoms with E-state index in [1.165, 1.54) is 0 Å². The summed E-state index contributed by atoms with van der Waals surface area (Å²) in [5, 5.41) is 19.3. The molecule has 4 N–H and O–H groups in total. The Balaban J connectivity index is 2.19. The Morgan fingerprint density at radius 3 is 2.89 bits per heavy atom. The van der Waals surface area contributed by atoms with Crippen LogP contribution in [0.3, 0.4) is 0 Å². The van der Waals surface area contributed by atoms with E-state index in [9.17, 15) is 15.0 Å². The maximum atomic E-state index is 11.3. The highest BCUT2D eigenvalue weighted by Gasteiger charge is 2.29. The van der Waals surface area contributed by atoms with E-state index in [1.807, 2.05) is 6.92 Å². The molecule has 5 nitrogen and oxygen atoms in total. The van der Waals surface area contributed by atoms with E-state index in [-0.39, 0.29) is 11.3 Å². The van der Waals surface area contributed by atoms with Crippen LogP contribution in [0.1, 0.15) is 35.7 Å². The summed E-state index contributed by atoms with van der Waals surface area (Å²) < 4.78 is 0. The van der Waals surface area contributed by atoms with Crippen molar-refractivity contribution in [2.45, 2.75) is 31.9 Å². The lowest BCUT2D eigenvalue weighted by molar-refractivity contribution is -0.0181. The first-order valence-electron chi connectivity index (χ1n) is 6.44. The highest BCUT2D eigenvalue weighted by Crippen LogP contribution is 2.24. The van der Waals surface area contributed by atoms with Crippen molar-refractivity contribution < 1.29 is 15.0 Å². The molecule has 1 aromatic carbocycles. The molecular weight excluding hydrogens is 244 g/mol. The second-order valence-electron chi connectivity index (χ2n) is 5.50. The molecule has 1 aliphatic heterocycles. The van der Waals surface area contributed by atoms with E-state index in [1.54, 1.807) is 18.2 Å². The standard InChI is InChI=1S/C14H20N2O3/c1-14(19)6-3-7-16(9-14)8-10-4-2-5-11(15)12(10)13(17)18/h2,4-5,19H,3,6-9,15H2,1H3,(H,17,18). The number of carboxylic acids is 1. The molecule has 2 rings (SSSR count). The summed E-state index contributed by atoms with van der Waals surface area (Å²) in [6.45, 7) is 3.74. The van der Waals surface area contributed by atoms with Gasteiger partial charge in [0.15, 0.2) is 0 Å². The first-order chi connectivity index (χ1) is 8.89.